The minimum Gasteiger partial charge on any atom is -0.497 e. The molecule has 0 unspecified atom stereocenters. The number of hydrazone groups is 1. The highest BCUT2D eigenvalue weighted by atomic mass is 16.5. The Hall–Kier alpha value is -3.87. The highest BCUT2D eigenvalue weighted by Crippen LogP contribution is 2.30. The van der Waals surface area contributed by atoms with Crippen molar-refractivity contribution in [1.82, 2.24) is 5.43 Å². The summed E-state index contributed by atoms with van der Waals surface area (Å²) in [5.41, 5.74) is 7.02. The molecule has 3 aromatic rings. The minimum absolute atomic E-state index is 0.270. The van der Waals surface area contributed by atoms with Crippen molar-refractivity contribution in [2.75, 3.05) is 12.4 Å². The molecule has 0 fully saturated rings. The van der Waals surface area contributed by atoms with E-state index in [2.05, 4.69) is 15.8 Å². The molecule has 0 saturated carbocycles. The number of hydrogen-bond acceptors (Lipinski definition) is 5. The van der Waals surface area contributed by atoms with Gasteiger partial charge in [0.1, 0.15) is 11.5 Å². The summed E-state index contributed by atoms with van der Waals surface area (Å²) in [5.74, 6) is 0.957. The van der Waals surface area contributed by atoms with Crippen LogP contribution in [0.4, 0.5) is 5.69 Å². The molecule has 1 heterocycles. The van der Waals surface area contributed by atoms with Gasteiger partial charge in [0.05, 0.1) is 12.8 Å². The number of aryl methyl sites for hydroxylation is 2. The maximum absolute atomic E-state index is 12.9. The molecule has 2 amide bonds. The predicted molar refractivity (Wildman–Crippen MR) is 123 cm³/mol. The summed E-state index contributed by atoms with van der Waals surface area (Å²) in [6.45, 7) is 3.78. The van der Waals surface area contributed by atoms with E-state index in [4.69, 9.17) is 9.15 Å². The van der Waals surface area contributed by atoms with Gasteiger partial charge in [-0.3, -0.25) is 9.59 Å². The van der Waals surface area contributed by atoms with E-state index in [-0.39, 0.29) is 17.6 Å². The summed E-state index contributed by atoms with van der Waals surface area (Å²) < 4.78 is 11.1. The average molecular weight is 431 g/mol. The van der Waals surface area contributed by atoms with Crippen LogP contribution in [0, 0.1) is 13.8 Å². The molecule has 0 aliphatic heterocycles. The van der Waals surface area contributed by atoms with Crippen molar-refractivity contribution in [2.45, 2.75) is 33.1 Å². The van der Waals surface area contributed by atoms with Crippen molar-refractivity contribution in [2.24, 2.45) is 5.10 Å². The van der Waals surface area contributed by atoms with Crippen LogP contribution in [-0.4, -0.2) is 24.6 Å². The number of fused-ring (bicyclic) bond motifs is 1. The van der Waals surface area contributed by atoms with Gasteiger partial charge in [0.25, 0.3) is 11.8 Å². The number of para-hydroxylation sites is 1. The molecule has 1 aliphatic carbocycles. The molecule has 32 heavy (non-hydrogen) atoms. The molecule has 164 valence electrons. The molecular formula is C25H25N3O4. The quantitative estimate of drug-likeness (QED) is 0.576. The lowest BCUT2D eigenvalue weighted by molar-refractivity contribution is 0.0953. The Morgan fingerprint density at radius 1 is 1.03 bits per heavy atom. The maximum atomic E-state index is 12.9. The van der Waals surface area contributed by atoms with Crippen LogP contribution in [0.1, 0.15) is 56.2 Å². The minimum atomic E-state index is -0.331. The summed E-state index contributed by atoms with van der Waals surface area (Å²) in [7, 11) is 1.55. The second-order valence-electron chi connectivity index (χ2n) is 7.71. The molecule has 0 radical (unpaired) electrons. The van der Waals surface area contributed by atoms with Crippen molar-refractivity contribution in [1.29, 1.82) is 0 Å². The van der Waals surface area contributed by atoms with Gasteiger partial charge in [0.2, 0.25) is 0 Å². The van der Waals surface area contributed by atoms with Gasteiger partial charge in [-0.1, -0.05) is 24.3 Å². The number of ether oxygens (including phenoxy) is 1. The number of furan rings is 1. The molecule has 2 aromatic carbocycles. The zero-order chi connectivity index (χ0) is 22.7. The Balaban J connectivity index is 1.57. The van der Waals surface area contributed by atoms with Crippen molar-refractivity contribution in [3.8, 4) is 5.75 Å². The van der Waals surface area contributed by atoms with Crippen molar-refractivity contribution < 1.29 is 18.7 Å². The third kappa shape index (κ3) is 4.27. The molecule has 0 spiro atoms. The van der Waals surface area contributed by atoms with Gasteiger partial charge in [-0.25, -0.2) is 5.43 Å². The molecule has 1 aromatic heterocycles. The second kappa shape index (κ2) is 9.09. The van der Waals surface area contributed by atoms with Crippen LogP contribution in [-0.2, 0) is 6.42 Å². The van der Waals surface area contributed by atoms with E-state index in [1.165, 1.54) is 0 Å². The van der Waals surface area contributed by atoms with Gasteiger partial charge in [0.15, 0.2) is 5.76 Å². The molecule has 0 atom stereocenters. The van der Waals surface area contributed by atoms with E-state index in [1.807, 2.05) is 38.1 Å². The largest absolute Gasteiger partial charge is 0.497 e. The summed E-state index contributed by atoms with van der Waals surface area (Å²) in [6, 6.07) is 14.5. The zero-order valence-electron chi connectivity index (χ0n) is 18.3. The zero-order valence-corrected chi connectivity index (χ0v) is 18.3. The summed E-state index contributed by atoms with van der Waals surface area (Å²) >= 11 is 0. The van der Waals surface area contributed by atoms with E-state index in [1.54, 1.807) is 31.4 Å². The van der Waals surface area contributed by atoms with Crippen molar-refractivity contribution in [3.63, 3.8) is 0 Å². The fourth-order valence-corrected chi connectivity index (χ4v) is 3.84. The van der Waals surface area contributed by atoms with Crippen LogP contribution >= 0.6 is 0 Å². The lowest BCUT2D eigenvalue weighted by atomic mass is 9.93. The van der Waals surface area contributed by atoms with E-state index in [0.29, 0.717) is 23.4 Å². The first-order chi connectivity index (χ1) is 15.5. The normalized spacial score (nSPS) is 14.0. The van der Waals surface area contributed by atoms with Crippen molar-refractivity contribution >= 4 is 23.2 Å². The van der Waals surface area contributed by atoms with E-state index in [9.17, 15) is 9.59 Å². The monoisotopic (exact) mass is 431 g/mol. The molecule has 0 bridgehead atoms. The smallest absolute Gasteiger partial charge is 0.291 e. The standard InChI is InChI=1S/C25H25N3O4/c1-15-8-4-5-11-19(15)26-25(30)23-16(2)22-20(12-7-13-21(22)32-23)27-28-24(29)17-9-6-10-18(14-17)31-3/h4-6,8-11,14H,7,12-13H2,1-3H3,(H,26,30)(H,28,29)/b27-20+. The first-order valence-electron chi connectivity index (χ1n) is 10.5. The Morgan fingerprint density at radius 3 is 2.62 bits per heavy atom. The van der Waals surface area contributed by atoms with Crippen LogP contribution in [0.3, 0.4) is 0 Å². The van der Waals surface area contributed by atoms with Crippen LogP contribution in [0.25, 0.3) is 0 Å². The molecular weight excluding hydrogens is 406 g/mol. The lowest BCUT2D eigenvalue weighted by Gasteiger charge is -2.13. The Morgan fingerprint density at radius 2 is 1.84 bits per heavy atom. The number of benzene rings is 2. The van der Waals surface area contributed by atoms with Gasteiger partial charge in [-0.2, -0.15) is 5.10 Å². The van der Waals surface area contributed by atoms with E-state index in [0.717, 1.165) is 41.0 Å². The van der Waals surface area contributed by atoms with Gasteiger partial charge in [-0.15, -0.1) is 0 Å². The number of hydrogen-bond donors (Lipinski definition) is 2. The maximum Gasteiger partial charge on any atom is 0.291 e. The number of nitrogens with zero attached hydrogens (tertiary/aromatic N) is 1. The number of carbonyl (C=O) groups excluding carboxylic acids is 2. The third-order valence-electron chi connectivity index (χ3n) is 5.55. The third-order valence-corrected chi connectivity index (χ3v) is 5.55. The Kier molecular flexibility index (Phi) is 6.07. The summed E-state index contributed by atoms with van der Waals surface area (Å²) in [6.07, 6.45) is 2.23. The molecule has 0 saturated heterocycles. The summed E-state index contributed by atoms with van der Waals surface area (Å²) in [5, 5.41) is 7.29. The number of nitrogens with one attached hydrogen (secondary N) is 2. The fraction of sp³-hybridized carbons (Fsp3) is 0.240. The molecule has 7 heteroatoms. The molecule has 2 N–H and O–H groups in total. The Labute approximate surface area is 186 Å². The number of carbonyl (C=O) groups is 2. The highest BCUT2D eigenvalue weighted by Gasteiger charge is 2.28. The highest BCUT2D eigenvalue weighted by molar-refractivity contribution is 6.09. The number of anilines is 1. The van der Waals surface area contributed by atoms with E-state index < -0.39 is 0 Å². The SMILES string of the molecule is COc1cccc(C(=O)N/N=C2\CCCc3oc(C(=O)Nc4ccccc4C)c(C)c32)c1. The van der Waals surface area contributed by atoms with Gasteiger partial charge in [0, 0.05) is 28.8 Å². The van der Waals surface area contributed by atoms with E-state index >= 15 is 0 Å². The van der Waals surface area contributed by atoms with Gasteiger partial charge < -0.3 is 14.5 Å². The van der Waals surface area contributed by atoms with Crippen molar-refractivity contribution in [3.05, 3.63) is 82.3 Å². The first kappa shape index (κ1) is 21.4. The first-order valence-corrected chi connectivity index (χ1v) is 10.5. The number of methoxy groups -OCH3 is 1. The Bertz CT molecular complexity index is 1210. The number of rotatable bonds is 5. The van der Waals surface area contributed by atoms with Crippen LogP contribution in [0.5, 0.6) is 5.75 Å². The van der Waals surface area contributed by atoms with Gasteiger partial charge >= 0.3 is 0 Å². The topological polar surface area (TPSA) is 92.9 Å². The molecule has 4 rings (SSSR count). The molecule has 1 aliphatic rings. The number of amides is 2. The summed E-state index contributed by atoms with van der Waals surface area (Å²) in [4.78, 5) is 25.4. The van der Waals surface area contributed by atoms with Crippen LogP contribution in [0.15, 0.2) is 58.0 Å². The fourth-order valence-electron chi connectivity index (χ4n) is 3.84. The lowest BCUT2D eigenvalue weighted by Crippen LogP contribution is -2.22. The average Bonchev–Trinajstić information content (AvgIpc) is 3.16. The second-order valence-corrected chi connectivity index (χ2v) is 7.71. The predicted octanol–water partition coefficient (Wildman–Crippen LogP) is 4.63. The molecule has 7 nitrogen and oxygen atoms in total. The van der Waals surface area contributed by atoms with Crippen LogP contribution in [0.2, 0.25) is 0 Å². The van der Waals surface area contributed by atoms with Gasteiger partial charge in [-0.05, 0) is 56.5 Å². The van der Waals surface area contributed by atoms with Crippen LogP contribution < -0.4 is 15.5 Å².